The van der Waals surface area contributed by atoms with Crippen LogP contribution in [0, 0.1) is 5.92 Å². The molecule has 1 atom stereocenters. The third kappa shape index (κ3) is 4.27. The van der Waals surface area contributed by atoms with E-state index in [-0.39, 0.29) is 5.02 Å². The van der Waals surface area contributed by atoms with E-state index in [0.29, 0.717) is 17.6 Å². The fraction of sp³-hybridized carbons (Fsp3) is 0.600. The number of anilines is 1. The van der Waals surface area contributed by atoms with Gasteiger partial charge in [-0.3, -0.25) is 0 Å². The Morgan fingerprint density at radius 3 is 2.71 bits per heavy atom. The summed E-state index contributed by atoms with van der Waals surface area (Å²) in [6.07, 6.45) is -3.42. The van der Waals surface area contributed by atoms with Gasteiger partial charge in [0.2, 0.25) is 0 Å². The topological polar surface area (TPSA) is 15.3 Å². The molecule has 0 aliphatic carbocycles. The molecular formula is C15H20ClF3N2. The average Bonchev–Trinajstić information content (AvgIpc) is 2.84. The van der Waals surface area contributed by atoms with Gasteiger partial charge in [0.15, 0.2) is 0 Å². The number of hydrogen-bond acceptors (Lipinski definition) is 2. The molecule has 0 saturated carbocycles. The molecular weight excluding hydrogens is 301 g/mol. The van der Waals surface area contributed by atoms with Crippen molar-refractivity contribution in [2.45, 2.75) is 32.5 Å². The van der Waals surface area contributed by atoms with E-state index in [9.17, 15) is 13.2 Å². The first-order valence-corrected chi connectivity index (χ1v) is 7.50. The summed E-state index contributed by atoms with van der Waals surface area (Å²) in [7, 11) is 0. The summed E-state index contributed by atoms with van der Waals surface area (Å²) in [5.41, 5.74) is -0.163. The smallest absolute Gasteiger partial charge is 0.371 e. The molecule has 1 aliphatic rings. The Kier molecular flexibility index (Phi) is 5.04. The molecule has 21 heavy (non-hydrogen) atoms. The minimum absolute atomic E-state index is 0.247. The highest BCUT2D eigenvalue weighted by Crippen LogP contribution is 2.37. The molecule has 1 N–H and O–H groups in total. The Bertz CT molecular complexity index is 488. The predicted molar refractivity (Wildman–Crippen MR) is 79.9 cm³/mol. The lowest BCUT2D eigenvalue weighted by Crippen LogP contribution is -2.30. The maximum atomic E-state index is 12.9. The van der Waals surface area contributed by atoms with Crippen LogP contribution in [0.4, 0.5) is 18.9 Å². The number of nitrogens with zero attached hydrogens (tertiary/aromatic N) is 1. The van der Waals surface area contributed by atoms with Crippen LogP contribution in [0.3, 0.4) is 0 Å². The second-order valence-electron chi connectivity index (χ2n) is 5.83. The van der Waals surface area contributed by atoms with Gasteiger partial charge in [-0.1, -0.05) is 25.4 Å². The largest absolute Gasteiger partial charge is 0.417 e. The Labute approximate surface area is 128 Å². The van der Waals surface area contributed by atoms with Gasteiger partial charge in [-0.05, 0) is 37.1 Å². The molecule has 1 unspecified atom stereocenters. The molecule has 1 aromatic rings. The summed E-state index contributed by atoms with van der Waals surface area (Å²) in [5.74, 6) is 0.470. The lowest BCUT2D eigenvalue weighted by Gasteiger charge is -2.21. The van der Waals surface area contributed by atoms with Gasteiger partial charge in [0, 0.05) is 24.8 Å². The zero-order valence-corrected chi connectivity index (χ0v) is 12.9. The van der Waals surface area contributed by atoms with E-state index in [1.54, 1.807) is 6.07 Å². The maximum Gasteiger partial charge on any atom is 0.417 e. The van der Waals surface area contributed by atoms with Crippen molar-refractivity contribution >= 4 is 17.3 Å². The highest BCUT2D eigenvalue weighted by molar-refractivity contribution is 6.31. The van der Waals surface area contributed by atoms with Crippen molar-refractivity contribution in [1.82, 2.24) is 5.32 Å². The maximum absolute atomic E-state index is 12.9. The lowest BCUT2D eigenvalue weighted by molar-refractivity contribution is -0.137. The second-order valence-corrected chi connectivity index (χ2v) is 6.23. The molecule has 2 rings (SSSR count). The summed E-state index contributed by atoms with van der Waals surface area (Å²) in [6, 6.07) is 4.57. The molecule has 0 amide bonds. The van der Waals surface area contributed by atoms with E-state index in [4.69, 9.17) is 11.6 Å². The average molecular weight is 321 g/mol. The summed E-state index contributed by atoms with van der Waals surface area (Å²) in [4.78, 5) is 2.00. The van der Waals surface area contributed by atoms with Crippen molar-refractivity contribution in [2.75, 3.05) is 24.5 Å². The zero-order valence-electron chi connectivity index (χ0n) is 12.2. The minimum Gasteiger partial charge on any atom is -0.371 e. The number of alkyl halides is 3. The normalized spacial score (nSPS) is 19.6. The van der Waals surface area contributed by atoms with Gasteiger partial charge < -0.3 is 10.2 Å². The van der Waals surface area contributed by atoms with Crippen molar-refractivity contribution in [2.24, 2.45) is 5.92 Å². The zero-order chi connectivity index (χ0) is 15.6. The minimum atomic E-state index is -4.41. The summed E-state index contributed by atoms with van der Waals surface area (Å²) < 4.78 is 38.7. The number of benzene rings is 1. The first-order chi connectivity index (χ1) is 9.77. The molecule has 1 saturated heterocycles. The standard InChI is InChI=1S/C15H20ClF3N2/c1-10(2)20-8-11-5-6-21(9-11)12-3-4-14(16)13(7-12)15(17,18)19/h3-4,7,10-11,20H,5-6,8-9H2,1-2H3. The number of rotatable bonds is 4. The van der Waals surface area contributed by atoms with Crippen LogP contribution in [0.15, 0.2) is 18.2 Å². The molecule has 1 aliphatic heterocycles. The second kappa shape index (κ2) is 6.44. The van der Waals surface area contributed by atoms with E-state index >= 15 is 0 Å². The highest BCUT2D eigenvalue weighted by atomic mass is 35.5. The summed E-state index contributed by atoms with van der Waals surface area (Å²) in [5, 5.41) is 3.13. The van der Waals surface area contributed by atoms with Crippen molar-refractivity contribution in [3.05, 3.63) is 28.8 Å². The van der Waals surface area contributed by atoms with Crippen LogP contribution in [-0.2, 0) is 6.18 Å². The Morgan fingerprint density at radius 2 is 2.10 bits per heavy atom. The molecule has 1 heterocycles. The molecule has 0 spiro atoms. The SMILES string of the molecule is CC(C)NCC1CCN(c2ccc(Cl)c(C(F)(F)F)c2)C1. The van der Waals surface area contributed by atoms with Crippen LogP contribution in [0.1, 0.15) is 25.8 Å². The molecule has 0 radical (unpaired) electrons. The molecule has 2 nitrogen and oxygen atoms in total. The summed E-state index contributed by atoms with van der Waals surface area (Å²) in [6.45, 7) is 6.62. The fourth-order valence-electron chi connectivity index (χ4n) is 2.56. The van der Waals surface area contributed by atoms with E-state index in [1.165, 1.54) is 6.07 Å². The Hall–Kier alpha value is -0.940. The summed E-state index contributed by atoms with van der Waals surface area (Å²) >= 11 is 5.65. The molecule has 0 bridgehead atoms. The van der Waals surface area contributed by atoms with Gasteiger partial charge in [0.1, 0.15) is 0 Å². The van der Waals surface area contributed by atoms with Crippen LogP contribution < -0.4 is 10.2 Å². The first kappa shape index (κ1) is 16.4. The molecule has 1 aromatic carbocycles. The monoisotopic (exact) mass is 320 g/mol. The quantitative estimate of drug-likeness (QED) is 0.895. The van der Waals surface area contributed by atoms with Crippen LogP contribution in [-0.4, -0.2) is 25.7 Å². The van der Waals surface area contributed by atoms with Gasteiger partial charge in [-0.2, -0.15) is 13.2 Å². The van der Waals surface area contributed by atoms with Gasteiger partial charge in [0.25, 0.3) is 0 Å². The van der Waals surface area contributed by atoms with Gasteiger partial charge in [0.05, 0.1) is 10.6 Å². The van der Waals surface area contributed by atoms with Crippen molar-refractivity contribution in [3.63, 3.8) is 0 Å². The van der Waals surface area contributed by atoms with Gasteiger partial charge in [-0.15, -0.1) is 0 Å². The molecule has 1 fully saturated rings. The van der Waals surface area contributed by atoms with Crippen LogP contribution >= 0.6 is 11.6 Å². The Morgan fingerprint density at radius 1 is 1.38 bits per heavy atom. The number of halogens is 4. The van der Waals surface area contributed by atoms with Crippen LogP contribution in [0.25, 0.3) is 0 Å². The first-order valence-electron chi connectivity index (χ1n) is 7.12. The third-order valence-corrected chi connectivity index (χ3v) is 4.05. The van der Waals surface area contributed by atoms with Crippen LogP contribution in [0.5, 0.6) is 0 Å². The fourth-order valence-corrected chi connectivity index (χ4v) is 2.79. The highest BCUT2D eigenvalue weighted by Gasteiger charge is 2.34. The van der Waals surface area contributed by atoms with E-state index < -0.39 is 11.7 Å². The molecule has 118 valence electrons. The third-order valence-electron chi connectivity index (χ3n) is 3.72. The van der Waals surface area contributed by atoms with E-state index in [0.717, 1.165) is 32.1 Å². The molecule has 0 aromatic heterocycles. The predicted octanol–water partition coefficient (Wildman–Crippen LogP) is 4.18. The van der Waals surface area contributed by atoms with Crippen LogP contribution in [0.2, 0.25) is 5.02 Å². The van der Waals surface area contributed by atoms with Crippen molar-refractivity contribution in [3.8, 4) is 0 Å². The lowest BCUT2D eigenvalue weighted by atomic mass is 10.1. The van der Waals surface area contributed by atoms with E-state index in [1.807, 2.05) is 4.90 Å². The Balaban J connectivity index is 2.06. The van der Waals surface area contributed by atoms with Gasteiger partial charge in [-0.25, -0.2) is 0 Å². The number of nitrogens with one attached hydrogen (secondary N) is 1. The van der Waals surface area contributed by atoms with Crippen molar-refractivity contribution in [1.29, 1.82) is 0 Å². The molecule has 6 heteroatoms. The van der Waals surface area contributed by atoms with E-state index in [2.05, 4.69) is 19.2 Å². The number of hydrogen-bond donors (Lipinski definition) is 1. The van der Waals surface area contributed by atoms with Crippen molar-refractivity contribution < 1.29 is 13.2 Å². The van der Waals surface area contributed by atoms with Gasteiger partial charge >= 0.3 is 6.18 Å².